The van der Waals surface area contributed by atoms with E-state index in [1.54, 1.807) is 0 Å². The van der Waals surface area contributed by atoms with E-state index in [2.05, 4.69) is 13.8 Å². The smallest absolute Gasteiger partial charge is 0.242 e. The Morgan fingerprint density at radius 2 is 1.86 bits per heavy atom. The molecule has 6 heteroatoms. The molecule has 1 rings (SSSR count). The number of nitrogens with zero attached hydrogens (tertiary/aromatic N) is 1. The van der Waals surface area contributed by atoms with Crippen LogP contribution in [-0.2, 0) is 19.2 Å². The molecule has 2 amide bonds. The van der Waals surface area contributed by atoms with E-state index in [1.807, 2.05) is 13.8 Å². The molecule has 1 fully saturated rings. The van der Waals surface area contributed by atoms with E-state index in [-0.39, 0.29) is 42.2 Å². The fraction of sp³-hybridized carbons (Fsp3) is 0.750. The van der Waals surface area contributed by atoms with Crippen LogP contribution in [0.15, 0.2) is 0 Å². The molecule has 0 saturated carbocycles. The molecule has 1 atom stereocenters. The number of aldehydes is 1. The van der Waals surface area contributed by atoms with Gasteiger partial charge < -0.3 is 4.79 Å². The van der Waals surface area contributed by atoms with Crippen LogP contribution in [0.2, 0.25) is 0 Å². The average Bonchev–Trinajstić information content (AvgIpc) is 2.75. The van der Waals surface area contributed by atoms with Crippen LogP contribution < -0.4 is 0 Å². The summed E-state index contributed by atoms with van der Waals surface area (Å²) in [4.78, 5) is 45.5. The second-order valence-corrected chi connectivity index (χ2v) is 5.87. The van der Waals surface area contributed by atoms with Gasteiger partial charge >= 0.3 is 0 Å². The second-order valence-electron chi connectivity index (χ2n) is 4.56. The molecule has 0 bridgehead atoms. The molecule has 0 radical (unpaired) electrons. The van der Waals surface area contributed by atoms with Crippen LogP contribution in [0.5, 0.6) is 0 Å². The number of ketones is 1. The van der Waals surface area contributed by atoms with E-state index in [9.17, 15) is 19.2 Å². The van der Waals surface area contributed by atoms with E-state index in [4.69, 9.17) is 0 Å². The summed E-state index contributed by atoms with van der Waals surface area (Å²) in [7, 11) is 0. The van der Waals surface area contributed by atoms with Crippen LogP contribution >= 0.6 is 11.8 Å². The first-order chi connectivity index (χ1) is 10.5. The summed E-state index contributed by atoms with van der Waals surface area (Å²) in [6.45, 7) is 9.86. The molecule has 1 heterocycles. The molecule has 1 saturated heterocycles. The molecule has 5 nitrogen and oxygen atoms in total. The summed E-state index contributed by atoms with van der Waals surface area (Å²) >= 11 is 1.33. The van der Waals surface area contributed by atoms with Crippen LogP contribution in [-0.4, -0.2) is 46.3 Å². The third kappa shape index (κ3) is 9.71. The van der Waals surface area contributed by atoms with Crippen LogP contribution in [0.1, 0.15) is 60.3 Å². The lowest BCUT2D eigenvalue weighted by Crippen LogP contribution is -2.33. The van der Waals surface area contributed by atoms with Crippen molar-refractivity contribution < 1.29 is 19.2 Å². The Balaban J connectivity index is 0. The fourth-order valence-electron chi connectivity index (χ4n) is 1.55. The van der Waals surface area contributed by atoms with E-state index >= 15 is 0 Å². The second kappa shape index (κ2) is 14.8. The Morgan fingerprint density at radius 3 is 2.32 bits per heavy atom. The van der Waals surface area contributed by atoms with Crippen molar-refractivity contribution in [1.82, 2.24) is 4.90 Å². The zero-order valence-corrected chi connectivity index (χ0v) is 15.2. The quantitative estimate of drug-likeness (QED) is 0.407. The van der Waals surface area contributed by atoms with Crippen molar-refractivity contribution in [1.29, 1.82) is 0 Å². The van der Waals surface area contributed by atoms with Gasteiger partial charge in [0.15, 0.2) is 0 Å². The number of thioether (sulfide) groups is 1. The van der Waals surface area contributed by atoms with E-state index in [1.165, 1.54) is 25.1 Å². The molecular formula is C16H29NO4S. The van der Waals surface area contributed by atoms with Gasteiger partial charge in [-0.3, -0.25) is 19.3 Å². The van der Waals surface area contributed by atoms with Gasteiger partial charge in [-0.25, -0.2) is 0 Å². The largest absolute Gasteiger partial charge is 0.303 e. The highest BCUT2D eigenvalue weighted by atomic mass is 32.2. The Hall–Kier alpha value is -1.17. The number of carbonyl (C=O) groups excluding carboxylic acids is 4. The van der Waals surface area contributed by atoms with E-state index < -0.39 is 0 Å². The molecule has 22 heavy (non-hydrogen) atoms. The minimum atomic E-state index is -0.380. The molecule has 0 aromatic heterocycles. The molecule has 1 aliphatic heterocycles. The number of hydrogen-bond donors (Lipinski definition) is 0. The van der Waals surface area contributed by atoms with Crippen LogP contribution in [0.3, 0.4) is 0 Å². The van der Waals surface area contributed by atoms with E-state index in [0.717, 1.165) is 11.2 Å². The predicted octanol–water partition coefficient (Wildman–Crippen LogP) is 2.86. The molecule has 1 aliphatic rings. The van der Waals surface area contributed by atoms with Crippen molar-refractivity contribution in [2.75, 3.05) is 12.3 Å². The number of rotatable bonds is 7. The predicted molar refractivity (Wildman–Crippen MR) is 90.9 cm³/mol. The molecule has 128 valence electrons. The SMILES string of the molecule is CC.CC(=O)CCN1C(=O)CC(SCCC=O)C1=O.CCC. The first-order valence-electron chi connectivity index (χ1n) is 7.86. The third-order valence-corrected chi connectivity index (χ3v) is 3.69. The highest BCUT2D eigenvalue weighted by molar-refractivity contribution is 8.00. The van der Waals surface area contributed by atoms with Gasteiger partial charge in [0.05, 0.1) is 5.25 Å². The lowest BCUT2D eigenvalue weighted by molar-refractivity contribution is -0.138. The number of amides is 2. The van der Waals surface area contributed by atoms with E-state index in [0.29, 0.717) is 12.2 Å². The first-order valence-corrected chi connectivity index (χ1v) is 8.91. The Morgan fingerprint density at radius 1 is 1.32 bits per heavy atom. The monoisotopic (exact) mass is 331 g/mol. The van der Waals surface area contributed by atoms with Crippen LogP contribution in [0.25, 0.3) is 0 Å². The fourth-order valence-corrected chi connectivity index (χ4v) is 2.59. The van der Waals surface area contributed by atoms with Gasteiger partial charge in [-0.15, -0.1) is 11.8 Å². The lowest BCUT2D eigenvalue weighted by atomic mass is 10.3. The van der Waals surface area contributed by atoms with Crippen LogP contribution in [0.4, 0.5) is 0 Å². The number of likely N-dealkylation sites (tertiary alicyclic amines) is 1. The van der Waals surface area contributed by atoms with Crippen molar-refractivity contribution in [3.63, 3.8) is 0 Å². The first kappa shape index (κ1) is 23.1. The van der Waals surface area contributed by atoms with Gasteiger partial charge in [-0.2, -0.15) is 0 Å². The number of Topliss-reactive ketones (excluding diaryl/α,β-unsaturated/α-hetero) is 1. The minimum Gasteiger partial charge on any atom is -0.303 e. The zero-order valence-electron chi connectivity index (χ0n) is 14.4. The molecule has 0 spiro atoms. The normalized spacial score (nSPS) is 16.4. The highest BCUT2D eigenvalue weighted by Gasteiger charge is 2.38. The molecule has 0 aromatic carbocycles. The summed E-state index contributed by atoms with van der Waals surface area (Å²) < 4.78 is 0. The topological polar surface area (TPSA) is 71.5 Å². The summed E-state index contributed by atoms with van der Waals surface area (Å²) in [6.07, 6.45) is 2.82. The molecule has 0 aromatic rings. The van der Waals surface area contributed by atoms with Crippen molar-refractivity contribution in [2.45, 2.75) is 65.6 Å². The van der Waals surface area contributed by atoms with Gasteiger partial charge in [0.2, 0.25) is 11.8 Å². The molecule has 0 aliphatic carbocycles. The molecule has 1 unspecified atom stereocenters. The van der Waals surface area contributed by atoms with Gasteiger partial charge in [0.25, 0.3) is 0 Å². The van der Waals surface area contributed by atoms with Gasteiger partial charge in [-0.05, 0) is 6.92 Å². The standard InChI is InChI=1S/C11H15NO4S.C3H8.C2H6/c1-8(14)3-4-12-10(15)7-9(11(12)16)17-6-2-5-13;1-3-2;1-2/h5,9H,2-4,6-7H2,1H3;3H2,1-2H3;1-2H3. The van der Waals surface area contributed by atoms with Crippen molar-refractivity contribution in [2.24, 2.45) is 0 Å². The Bertz CT molecular complexity index is 358. The summed E-state index contributed by atoms with van der Waals surface area (Å²) in [6, 6.07) is 0. The van der Waals surface area contributed by atoms with Gasteiger partial charge in [0.1, 0.15) is 12.1 Å². The Labute approximate surface area is 138 Å². The maximum Gasteiger partial charge on any atom is 0.242 e. The van der Waals surface area contributed by atoms with Crippen molar-refractivity contribution in [3.8, 4) is 0 Å². The number of carbonyl (C=O) groups is 4. The minimum absolute atomic E-state index is 0.0392. The third-order valence-electron chi connectivity index (χ3n) is 2.44. The van der Waals surface area contributed by atoms with Crippen LogP contribution in [0, 0.1) is 0 Å². The average molecular weight is 331 g/mol. The molecular weight excluding hydrogens is 302 g/mol. The molecule has 0 N–H and O–H groups in total. The van der Waals surface area contributed by atoms with Crippen molar-refractivity contribution >= 4 is 35.6 Å². The number of hydrogen-bond acceptors (Lipinski definition) is 5. The highest BCUT2D eigenvalue weighted by Crippen LogP contribution is 2.25. The maximum atomic E-state index is 11.8. The van der Waals surface area contributed by atoms with Gasteiger partial charge in [-0.1, -0.05) is 34.1 Å². The summed E-state index contributed by atoms with van der Waals surface area (Å²) in [5, 5.41) is -0.380. The summed E-state index contributed by atoms with van der Waals surface area (Å²) in [5.74, 6) is 0.0583. The van der Waals surface area contributed by atoms with Gasteiger partial charge in [0, 0.05) is 31.6 Å². The number of imide groups is 1. The zero-order chi connectivity index (χ0) is 17.5. The Kier molecular flexibility index (Phi) is 15.5. The van der Waals surface area contributed by atoms with Crippen molar-refractivity contribution in [3.05, 3.63) is 0 Å². The summed E-state index contributed by atoms with van der Waals surface area (Å²) in [5.41, 5.74) is 0. The maximum absolute atomic E-state index is 11.8. The lowest BCUT2D eigenvalue weighted by Gasteiger charge is -2.13.